The number of benzene rings is 2. The number of hydrogen-bond acceptors (Lipinski definition) is 6. The Hall–Kier alpha value is -3.03. The number of carbonyl (C=O) groups excluding carboxylic acids is 1. The van der Waals surface area contributed by atoms with Gasteiger partial charge in [0.2, 0.25) is 5.91 Å². The maximum Gasteiger partial charge on any atom is 0.235 e. The Labute approximate surface area is 190 Å². The largest absolute Gasteiger partial charge is 0.492 e. The van der Waals surface area contributed by atoms with E-state index in [1.807, 2.05) is 6.92 Å². The van der Waals surface area contributed by atoms with Gasteiger partial charge in [-0.15, -0.1) is 0 Å². The van der Waals surface area contributed by atoms with E-state index in [-0.39, 0.29) is 24.3 Å². The van der Waals surface area contributed by atoms with E-state index in [4.69, 9.17) is 4.74 Å². The first-order chi connectivity index (χ1) is 15.5. The number of nitriles is 1. The SMILES string of the molecule is CC(COc1cc(F)c(S(C)(=O)=O)c(F)c1)N1CCC2(CC1)C(=O)Nc1ccc(C#N)cc12. The van der Waals surface area contributed by atoms with Crippen molar-refractivity contribution in [1.82, 2.24) is 4.90 Å². The van der Waals surface area contributed by atoms with Gasteiger partial charge in [0.25, 0.3) is 0 Å². The van der Waals surface area contributed by atoms with Gasteiger partial charge in [0.05, 0.1) is 17.0 Å². The zero-order valence-corrected chi connectivity index (χ0v) is 19.0. The topological polar surface area (TPSA) is 99.5 Å². The zero-order valence-electron chi connectivity index (χ0n) is 18.2. The summed E-state index contributed by atoms with van der Waals surface area (Å²) < 4.78 is 56.8. The molecular weight excluding hydrogens is 452 g/mol. The maximum absolute atomic E-state index is 14.1. The minimum Gasteiger partial charge on any atom is -0.492 e. The molecule has 1 N–H and O–H groups in total. The number of amides is 1. The number of anilines is 1. The molecule has 4 rings (SSSR count). The number of sulfone groups is 1. The summed E-state index contributed by atoms with van der Waals surface area (Å²) in [6.07, 6.45) is 1.87. The summed E-state index contributed by atoms with van der Waals surface area (Å²) in [6, 6.07) is 8.95. The Bertz CT molecular complexity index is 1240. The first kappa shape index (κ1) is 23.1. The molecule has 0 aliphatic carbocycles. The van der Waals surface area contributed by atoms with Crippen LogP contribution in [0.3, 0.4) is 0 Å². The maximum atomic E-state index is 14.1. The lowest BCUT2D eigenvalue weighted by Gasteiger charge is -2.40. The van der Waals surface area contributed by atoms with Crippen molar-refractivity contribution in [2.45, 2.75) is 36.1 Å². The number of hydrogen-bond donors (Lipinski definition) is 1. The molecule has 174 valence electrons. The lowest BCUT2D eigenvalue weighted by Crippen LogP contribution is -2.50. The van der Waals surface area contributed by atoms with Crippen molar-refractivity contribution < 1.29 is 26.7 Å². The highest BCUT2D eigenvalue weighted by atomic mass is 32.2. The Morgan fingerprint density at radius 1 is 1.21 bits per heavy atom. The van der Waals surface area contributed by atoms with E-state index >= 15 is 0 Å². The van der Waals surface area contributed by atoms with Gasteiger partial charge in [-0.25, -0.2) is 17.2 Å². The van der Waals surface area contributed by atoms with E-state index in [1.165, 1.54) is 0 Å². The molecule has 10 heteroatoms. The predicted molar refractivity (Wildman–Crippen MR) is 117 cm³/mol. The van der Waals surface area contributed by atoms with Crippen LogP contribution in [0.1, 0.15) is 30.9 Å². The Morgan fingerprint density at radius 2 is 1.85 bits per heavy atom. The van der Waals surface area contributed by atoms with Crippen molar-refractivity contribution in [3.63, 3.8) is 0 Å². The van der Waals surface area contributed by atoms with Crippen LogP contribution in [0.5, 0.6) is 5.75 Å². The molecule has 2 heterocycles. The molecule has 1 fully saturated rings. The van der Waals surface area contributed by atoms with Crippen LogP contribution in [0.25, 0.3) is 0 Å². The highest BCUT2D eigenvalue weighted by Crippen LogP contribution is 2.45. The van der Waals surface area contributed by atoms with E-state index in [0.29, 0.717) is 31.5 Å². The van der Waals surface area contributed by atoms with Crippen molar-refractivity contribution in [3.05, 3.63) is 53.1 Å². The van der Waals surface area contributed by atoms with Crippen LogP contribution in [0.4, 0.5) is 14.5 Å². The van der Waals surface area contributed by atoms with Crippen LogP contribution < -0.4 is 10.1 Å². The van der Waals surface area contributed by atoms with Crippen LogP contribution in [0.15, 0.2) is 35.2 Å². The van der Waals surface area contributed by atoms with Crippen molar-refractivity contribution >= 4 is 21.4 Å². The van der Waals surface area contributed by atoms with Crippen LogP contribution in [-0.4, -0.2) is 51.2 Å². The van der Waals surface area contributed by atoms with E-state index in [0.717, 1.165) is 29.6 Å². The number of piperidine rings is 1. The van der Waals surface area contributed by atoms with Crippen LogP contribution in [-0.2, 0) is 20.0 Å². The van der Waals surface area contributed by atoms with E-state index in [2.05, 4.69) is 16.3 Å². The van der Waals surface area contributed by atoms with Crippen LogP contribution >= 0.6 is 0 Å². The second kappa shape index (κ2) is 8.39. The van der Waals surface area contributed by atoms with Gasteiger partial charge < -0.3 is 10.1 Å². The minimum absolute atomic E-state index is 0.0620. The molecule has 0 bridgehead atoms. The van der Waals surface area contributed by atoms with Crippen molar-refractivity contribution in [3.8, 4) is 11.8 Å². The first-order valence-corrected chi connectivity index (χ1v) is 12.4. The molecule has 7 nitrogen and oxygen atoms in total. The van der Waals surface area contributed by atoms with Gasteiger partial charge in [-0.3, -0.25) is 9.69 Å². The highest BCUT2D eigenvalue weighted by Gasteiger charge is 2.48. The summed E-state index contributed by atoms with van der Waals surface area (Å²) in [4.78, 5) is 14.0. The molecule has 0 radical (unpaired) electrons. The number of carbonyl (C=O) groups is 1. The van der Waals surface area contributed by atoms with Gasteiger partial charge in [-0.1, -0.05) is 0 Å². The second-order valence-corrected chi connectivity index (χ2v) is 10.5. The molecule has 2 aliphatic rings. The molecule has 1 unspecified atom stereocenters. The Morgan fingerprint density at radius 3 is 2.42 bits per heavy atom. The van der Waals surface area contributed by atoms with Crippen LogP contribution in [0, 0.1) is 23.0 Å². The third-order valence-electron chi connectivity index (χ3n) is 6.46. The molecule has 33 heavy (non-hydrogen) atoms. The molecule has 1 atom stereocenters. The highest BCUT2D eigenvalue weighted by molar-refractivity contribution is 7.90. The molecule has 2 aromatic rings. The summed E-state index contributed by atoms with van der Waals surface area (Å²) in [5, 5.41) is 12.1. The average molecular weight is 476 g/mol. The third kappa shape index (κ3) is 4.18. The van der Waals surface area contributed by atoms with E-state index < -0.39 is 31.8 Å². The minimum atomic E-state index is -4.03. The van der Waals surface area contributed by atoms with Gasteiger partial charge in [0, 0.05) is 30.1 Å². The third-order valence-corrected chi connectivity index (χ3v) is 7.59. The lowest BCUT2D eigenvalue weighted by molar-refractivity contribution is -0.122. The summed E-state index contributed by atoms with van der Waals surface area (Å²) in [7, 11) is -4.03. The van der Waals surface area contributed by atoms with Crippen molar-refractivity contribution in [2.75, 3.05) is 31.3 Å². The van der Waals surface area contributed by atoms with Crippen molar-refractivity contribution in [2.24, 2.45) is 0 Å². The molecular formula is C23H23F2N3O4S. The average Bonchev–Trinajstić information content (AvgIpc) is 3.01. The van der Waals surface area contributed by atoms with E-state index in [1.54, 1.807) is 18.2 Å². The Balaban J connectivity index is 1.42. The number of nitrogens with zero attached hydrogens (tertiary/aromatic N) is 2. The standard InChI is InChI=1S/C23H23F2N3O4S/c1-14(13-32-16-10-18(24)21(19(25)11-16)33(2,30)31)28-7-5-23(6-8-28)17-9-15(12-26)3-4-20(17)27-22(23)29/h3-4,9-11,14H,5-8,13H2,1-2H3,(H,27,29). The number of rotatable bonds is 5. The predicted octanol–water partition coefficient (Wildman–Crippen LogP) is 2.99. The second-order valence-electron chi connectivity index (χ2n) is 8.59. The smallest absolute Gasteiger partial charge is 0.235 e. The summed E-state index contributed by atoms with van der Waals surface area (Å²) in [5.74, 6) is -2.54. The Kier molecular flexibility index (Phi) is 5.88. The fraction of sp³-hybridized carbons (Fsp3) is 0.391. The molecule has 2 aliphatic heterocycles. The normalized spacial score (nSPS) is 18.5. The van der Waals surface area contributed by atoms with Crippen molar-refractivity contribution in [1.29, 1.82) is 5.26 Å². The molecule has 2 aromatic carbocycles. The number of ether oxygens (including phenoxy) is 1. The summed E-state index contributed by atoms with van der Waals surface area (Å²) in [5.41, 5.74) is 1.43. The molecule has 1 amide bonds. The molecule has 0 saturated carbocycles. The molecule has 0 aromatic heterocycles. The number of halogens is 2. The number of likely N-dealkylation sites (tertiary alicyclic amines) is 1. The van der Waals surface area contributed by atoms with Gasteiger partial charge in [0.15, 0.2) is 9.84 Å². The zero-order chi connectivity index (χ0) is 24.0. The first-order valence-electron chi connectivity index (χ1n) is 10.5. The lowest BCUT2D eigenvalue weighted by atomic mass is 9.73. The quantitative estimate of drug-likeness (QED) is 0.714. The molecule has 1 saturated heterocycles. The van der Waals surface area contributed by atoms with E-state index in [9.17, 15) is 27.3 Å². The molecule has 1 spiro atoms. The summed E-state index contributed by atoms with van der Waals surface area (Å²) >= 11 is 0. The van der Waals surface area contributed by atoms with Gasteiger partial charge in [0.1, 0.15) is 28.9 Å². The monoisotopic (exact) mass is 475 g/mol. The van der Waals surface area contributed by atoms with Gasteiger partial charge in [-0.2, -0.15) is 5.26 Å². The van der Waals surface area contributed by atoms with Gasteiger partial charge >= 0.3 is 0 Å². The number of nitrogens with one attached hydrogen (secondary N) is 1. The fourth-order valence-electron chi connectivity index (χ4n) is 4.62. The summed E-state index contributed by atoms with van der Waals surface area (Å²) in [6.45, 7) is 3.24. The van der Waals surface area contributed by atoms with Gasteiger partial charge in [-0.05, 0) is 56.6 Å². The fourth-order valence-corrected chi connectivity index (χ4v) is 5.45. The van der Waals surface area contributed by atoms with Crippen LogP contribution in [0.2, 0.25) is 0 Å². The number of fused-ring (bicyclic) bond motifs is 2.